The first kappa shape index (κ1) is 21.5. The lowest BCUT2D eigenvalue weighted by Gasteiger charge is -2.18. The zero-order valence-electron chi connectivity index (χ0n) is 17.3. The monoisotopic (exact) mass is 380 g/mol. The van der Waals surface area contributed by atoms with E-state index in [1.54, 1.807) is 7.05 Å². The summed E-state index contributed by atoms with van der Waals surface area (Å²) in [6.07, 6.45) is 2.07. The van der Waals surface area contributed by atoms with E-state index in [1.807, 2.05) is 44.2 Å². The minimum atomic E-state index is -0.0281. The molecule has 28 heavy (non-hydrogen) atoms. The molecule has 5 heteroatoms. The lowest BCUT2D eigenvalue weighted by atomic mass is 10.1. The van der Waals surface area contributed by atoms with Crippen LogP contribution < -0.4 is 16.0 Å². The van der Waals surface area contributed by atoms with Crippen molar-refractivity contribution in [3.8, 4) is 0 Å². The molecule has 2 rings (SSSR count). The molecule has 0 saturated carbocycles. The van der Waals surface area contributed by atoms with Crippen LogP contribution in [0.25, 0.3) is 0 Å². The zero-order valence-corrected chi connectivity index (χ0v) is 17.3. The summed E-state index contributed by atoms with van der Waals surface area (Å²) in [5.74, 6) is 0.789. The maximum atomic E-state index is 11.8. The van der Waals surface area contributed by atoms with E-state index in [-0.39, 0.29) is 11.8 Å². The van der Waals surface area contributed by atoms with Crippen LogP contribution in [0.15, 0.2) is 59.6 Å². The van der Waals surface area contributed by atoms with E-state index in [1.165, 1.54) is 5.56 Å². The molecule has 1 amide bonds. The quantitative estimate of drug-likeness (QED) is 0.480. The van der Waals surface area contributed by atoms with Gasteiger partial charge in [0.05, 0.1) is 0 Å². The highest BCUT2D eigenvalue weighted by atomic mass is 16.1. The number of carbonyl (C=O) groups is 1. The van der Waals surface area contributed by atoms with Gasteiger partial charge >= 0.3 is 0 Å². The van der Waals surface area contributed by atoms with Crippen molar-refractivity contribution in [2.24, 2.45) is 10.9 Å². The molecular formula is C23H32N4O. The van der Waals surface area contributed by atoms with Crippen molar-refractivity contribution in [3.63, 3.8) is 0 Å². The average Bonchev–Trinajstić information content (AvgIpc) is 2.71. The summed E-state index contributed by atoms with van der Waals surface area (Å²) in [7, 11) is 1.78. The molecule has 3 N–H and O–H groups in total. The van der Waals surface area contributed by atoms with E-state index in [0.717, 1.165) is 30.1 Å². The van der Waals surface area contributed by atoms with Crippen molar-refractivity contribution in [2.45, 2.75) is 46.2 Å². The molecule has 1 unspecified atom stereocenters. The fourth-order valence-corrected chi connectivity index (χ4v) is 2.71. The van der Waals surface area contributed by atoms with Crippen LogP contribution in [0.3, 0.4) is 0 Å². The second-order valence-electron chi connectivity index (χ2n) is 7.34. The van der Waals surface area contributed by atoms with E-state index in [2.05, 4.69) is 52.1 Å². The molecule has 0 bridgehead atoms. The second-order valence-corrected chi connectivity index (χ2v) is 7.34. The molecule has 0 aliphatic rings. The molecule has 0 heterocycles. The summed E-state index contributed by atoms with van der Waals surface area (Å²) in [5, 5.41) is 9.69. The first-order valence-electron chi connectivity index (χ1n) is 9.89. The van der Waals surface area contributed by atoms with Crippen molar-refractivity contribution < 1.29 is 4.79 Å². The van der Waals surface area contributed by atoms with Gasteiger partial charge in [0.15, 0.2) is 5.96 Å². The Kier molecular flexibility index (Phi) is 8.53. The van der Waals surface area contributed by atoms with Gasteiger partial charge in [-0.05, 0) is 43.0 Å². The minimum absolute atomic E-state index is 0.0277. The molecular weight excluding hydrogens is 348 g/mol. The molecule has 0 fully saturated rings. The number of guanidine groups is 1. The Bertz CT molecular complexity index is 754. The van der Waals surface area contributed by atoms with E-state index >= 15 is 0 Å². The molecule has 150 valence electrons. The van der Waals surface area contributed by atoms with Crippen LogP contribution in [0.5, 0.6) is 0 Å². The van der Waals surface area contributed by atoms with E-state index in [4.69, 9.17) is 0 Å². The Morgan fingerprint density at radius 2 is 1.64 bits per heavy atom. The van der Waals surface area contributed by atoms with Gasteiger partial charge in [0, 0.05) is 31.2 Å². The van der Waals surface area contributed by atoms with Crippen LogP contribution in [0.1, 0.15) is 38.3 Å². The minimum Gasteiger partial charge on any atom is -0.354 e. The number of hydrogen-bond acceptors (Lipinski definition) is 2. The van der Waals surface area contributed by atoms with E-state index < -0.39 is 0 Å². The Hall–Kier alpha value is -2.82. The molecule has 1 atom stereocenters. The molecule has 2 aromatic rings. The fourth-order valence-electron chi connectivity index (χ4n) is 2.71. The Balaban J connectivity index is 1.77. The normalized spacial score (nSPS) is 12.5. The number of hydrogen-bond donors (Lipinski definition) is 3. The van der Waals surface area contributed by atoms with Crippen molar-refractivity contribution in [3.05, 3.63) is 65.7 Å². The third-order valence-corrected chi connectivity index (χ3v) is 4.52. The molecule has 0 radical (unpaired) electrons. The van der Waals surface area contributed by atoms with E-state index in [0.29, 0.717) is 12.6 Å². The molecule has 0 aromatic heterocycles. The highest BCUT2D eigenvalue weighted by molar-refractivity contribution is 5.92. The number of nitrogens with zero attached hydrogens (tertiary/aromatic N) is 1. The number of nitrogens with one attached hydrogen (secondary N) is 3. The van der Waals surface area contributed by atoms with Crippen molar-refractivity contribution in [2.75, 3.05) is 12.4 Å². The highest BCUT2D eigenvalue weighted by Crippen LogP contribution is 2.11. The van der Waals surface area contributed by atoms with E-state index in [9.17, 15) is 4.79 Å². The van der Waals surface area contributed by atoms with Crippen LogP contribution in [0.4, 0.5) is 5.69 Å². The summed E-state index contributed by atoms with van der Waals surface area (Å²) in [6.45, 7) is 6.60. The van der Waals surface area contributed by atoms with Gasteiger partial charge in [-0.15, -0.1) is 0 Å². The lowest BCUT2D eigenvalue weighted by Crippen LogP contribution is -2.42. The molecule has 0 aliphatic carbocycles. The predicted molar refractivity (Wildman–Crippen MR) is 117 cm³/mol. The Morgan fingerprint density at radius 3 is 2.25 bits per heavy atom. The zero-order chi connectivity index (χ0) is 20.4. The maximum absolute atomic E-state index is 11.8. The summed E-state index contributed by atoms with van der Waals surface area (Å²) in [5.41, 5.74) is 3.30. The SMILES string of the molecule is CN=C(NCc1ccc(NC(=O)C(C)C)cc1)NC(C)CCc1ccccc1. The number of aryl methyl sites for hydroxylation is 1. The number of amides is 1. The van der Waals surface area contributed by atoms with Gasteiger partial charge in [0.25, 0.3) is 0 Å². The lowest BCUT2D eigenvalue weighted by molar-refractivity contribution is -0.118. The van der Waals surface area contributed by atoms with Gasteiger partial charge in [-0.1, -0.05) is 56.3 Å². The second kappa shape index (κ2) is 11.1. The van der Waals surface area contributed by atoms with Gasteiger partial charge in [0.1, 0.15) is 0 Å². The van der Waals surface area contributed by atoms with Gasteiger partial charge in [-0.25, -0.2) is 0 Å². The average molecular weight is 381 g/mol. The third-order valence-electron chi connectivity index (χ3n) is 4.52. The molecule has 0 saturated heterocycles. The smallest absolute Gasteiger partial charge is 0.226 e. The van der Waals surface area contributed by atoms with Crippen LogP contribution in [-0.4, -0.2) is 25.0 Å². The Labute approximate surface area is 168 Å². The largest absolute Gasteiger partial charge is 0.354 e. The predicted octanol–water partition coefficient (Wildman–Crippen LogP) is 3.97. The highest BCUT2D eigenvalue weighted by Gasteiger charge is 2.08. The number of benzene rings is 2. The van der Waals surface area contributed by atoms with Crippen LogP contribution in [0, 0.1) is 5.92 Å². The summed E-state index contributed by atoms with van der Waals surface area (Å²) < 4.78 is 0. The summed E-state index contributed by atoms with van der Waals surface area (Å²) in [4.78, 5) is 16.1. The number of carbonyl (C=O) groups excluding carboxylic acids is 1. The molecule has 2 aromatic carbocycles. The van der Waals surface area contributed by atoms with Crippen molar-refractivity contribution >= 4 is 17.6 Å². The molecule has 5 nitrogen and oxygen atoms in total. The topological polar surface area (TPSA) is 65.5 Å². The third kappa shape index (κ3) is 7.43. The summed E-state index contributed by atoms with van der Waals surface area (Å²) >= 11 is 0. The first-order valence-corrected chi connectivity index (χ1v) is 9.89. The van der Waals surface area contributed by atoms with Gasteiger partial charge in [-0.2, -0.15) is 0 Å². The van der Waals surface area contributed by atoms with Gasteiger partial charge in [0.2, 0.25) is 5.91 Å². The number of aliphatic imine (C=N–C) groups is 1. The van der Waals surface area contributed by atoms with Crippen LogP contribution in [-0.2, 0) is 17.8 Å². The number of rotatable bonds is 8. The maximum Gasteiger partial charge on any atom is 0.226 e. The van der Waals surface area contributed by atoms with Crippen LogP contribution in [0.2, 0.25) is 0 Å². The fraction of sp³-hybridized carbons (Fsp3) is 0.391. The first-order chi connectivity index (χ1) is 13.5. The van der Waals surface area contributed by atoms with Crippen molar-refractivity contribution in [1.82, 2.24) is 10.6 Å². The number of anilines is 1. The Morgan fingerprint density at radius 1 is 0.964 bits per heavy atom. The standard InChI is InChI=1S/C23H32N4O/c1-17(2)22(28)27-21-14-12-20(13-15-21)16-25-23(24-4)26-18(3)10-11-19-8-6-5-7-9-19/h5-9,12-15,17-18H,10-11,16H2,1-4H3,(H,27,28)(H2,24,25,26). The summed E-state index contributed by atoms with van der Waals surface area (Å²) in [6, 6.07) is 18.7. The van der Waals surface area contributed by atoms with Gasteiger partial charge in [-0.3, -0.25) is 9.79 Å². The molecule has 0 spiro atoms. The van der Waals surface area contributed by atoms with Crippen LogP contribution >= 0.6 is 0 Å². The van der Waals surface area contributed by atoms with Gasteiger partial charge < -0.3 is 16.0 Å². The van der Waals surface area contributed by atoms with Crippen molar-refractivity contribution in [1.29, 1.82) is 0 Å². The molecule has 0 aliphatic heterocycles.